The first kappa shape index (κ1) is 20.1. The lowest BCUT2D eigenvalue weighted by molar-refractivity contribution is -0.0399. The predicted octanol–water partition coefficient (Wildman–Crippen LogP) is 9.65. The van der Waals surface area contributed by atoms with Crippen molar-refractivity contribution in [3.8, 4) is 22.3 Å². The summed E-state index contributed by atoms with van der Waals surface area (Å²) in [5, 5.41) is 3.45. The first-order chi connectivity index (χ1) is 16.6. The molecule has 34 heavy (non-hydrogen) atoms. The van der Waals surface area contributed by atoms with E-state index < -0.39 is 0 Å². The Morgan fingerprint density at radius 3 is 2.12 bits per heavy atom. The molecule has 4 saturated carbocycles. The SMILES string of the molecule is Clc1cc(-c2ccc(Br)c3ccccc23)cc2c1-c1ccccc1C21C2CC3CC(C2)CC1C3. The zero-order valence-corrected chi connectivity index (χ0v) is 21.4. The molecule has 2 heteroatoms. The molecule has 0 radical (unpaired) electrons. The van der Waals surface area contributed by atoms with Crippen molar-refractivity contribution in [2.45, 2.75) is 37.5 Å². The summed E-state index contributed by atoms with van der Waals surface area (Å²) in [6.45, 7) is 0. The molecule has 0 heterocycles. The van der Waals surface area contributed by atoms with Gasteiger partial charge in [0.25, 0.3) is 0 Å². The maximum absolute atomic E-state index is 7.22. The smallest absolute Gasteiger partial charge is 0.0493 e. The summed E-state index contributed by atoms with van der Waals surface area (Å²) < 4.78 is 1.14. The first-order valence-corrected chi connectivity index (χ1v) is 13.9. The van der Waals surface area contributed by atoms with E-state index in [1.165, 1.54) is 70.7 Å². The van der Waals surface area contributed by atoms with E-state index in [1.807, 2.05) is 0 Å². The fraction of sp³-hybridized carbons (Fsp3) is 0.312. The van der Waals surface area contributed by atoms with Gasteiger partial charge in [0.15, 0.2) is 0 Å². The monoisotopic (exact) mass is 524 g/mol. The minimum absolute atomic E-state index is 0.143. The average molecular weight is 526 g/mol. The van der Waals surface area contributed by atoms with E-state index in [4.69, 9.17) is 11.6 Å². The molecule has 0 nitrogen and oxygen atoms in total. The summed E-state index contributed by atoms with van der Waals surface area (Å²) in [5.41, 5.74) is 8.48. The van der Waals surface area contributed by atoms with Gasteiger partial charge in [0.2, 0.25) is 0 Å². The summed E-state index contributed by atoms with van der Waals surface area (Å²) in [6.07, 6.45) is 7.05. The molecule has 0 saturated heterocycles. The number of hydrogen-bond donors (Lipinski definition) is 0. The predicted molar refractivity (Wildman–Crippen MR) is 145 cm³/mol. The molecule has 0 aromatic heterocycles. The zero-order chi connectivity index (χ0) is 22.6. The van der Waals surface area contributed by atoms with Crippen molar-refractivity contribution in [2.24, 2.45) is 23.7 Å². The Morgan fingerprint density at radius 1 is 0.676 bits per heavy atom. The van der Waals surface area contributed by atoms with Gasteiger partial charge in [-0.2, -0.15) is 0 Å². The Kier molecular flexibility index (Phi) is 4.14. The molecule has 0 N–H and O–H groups in total. The Hall–Kier alpha value is -2.09. The molecule has 4 aromatic carbocycles. The number of hydrogen-bond acceptors (Lipinski definition) is 0. The van der Waals surface area contributed by atoms with Crippen molar-refractivity contribution in [3.63, 3.8) is 0 Å². The average Bonchev–Trinajstić information content (AvgIpc) is 3.14. The second-order valence-electron chi connectivity index (χ2n) is 11.2. The molecule has 0 atom stereocenters. The van der Waals surface area contributed by atoms with Crippen LogP contribution in [-0.4, -0.2) is 0 Å². The van der Waals surface area contributed by atoms with Crippen LogP contribution in [-0.2, 0) is 5.41 Å². The Labute approximate surface area is 214 Å². The van der Waals surface area contributed by atoms with E-state index in [1.54, 1.807) is 5.56 Å². The van der Waals surface area contributed by atoms with Crippen molar-refractivity contribution in [1.82, 2.24) is 0 Å². The summed E-state index contributed by atoms with van der Waals surface area (Å²) in [7, 11) is 0. The van der Waals surface area contributed by atoms with Crippen LogP contribution >= 0.6 is 27.5 Å². The quantitative estimate of drug-likeness (QED) is 0.232. The lowest BCUT2D eigenvalue weighted by Gasteiger charge is -2.61. The number of halogens is 2. The molecule has 168 valence electrons. The summed E-state index contributed by atoms with van der Waals surface area (Å²) in [5.74, 6) is 3.38. The van der Waals surface area contributed by atoms with Crippen LogP contribution in [0, 0.1) is 23.7 Å². The van der Waals surface area contributed by atoms with E-state index in [-0.39, 0.29) is 5.41 Å². The van der Waals surface area contributed by atoms with E-state index >= 15 is 0 Å². The molecule has 0 amide bonds. The highest BCUT2D eigenvalue weighted by atomic mass is 79.9. The fourth-order valence-electron chi connectivity index (χ4n) is 8.89. The lowest BCUT2D eigenvalue weighted by atomic mass is 9.43. The molecular formula is C32H26BrCl. The normalized spacial score (nSPS) is 30.2. The van der Waals surface area contributed by atoms with Gasteiger partial charge in [0.05, 0.1) is 0 Å². The van der Waals surface area contributed by atoms with Gasteiger partial charge in [-0.3, -0.25) is 0 Å². The van der Waals surface area contributed by atoms with Gasteiger partial charge in [-0.15, -0.1) is 0 Å². The van der Waals surface area contributed by atoms with E-state index in [0.29, 0.717) is 0 Å². The van der Waals surface area contributed by atoms with Crippen LogP contribution in [0.5, 0.6) is 0 Å². The molecule has 5 aliphatic carbocycles. The van der Waals surface area contributed by atoms with Crippen molar-refractivity contribution >= 4 is 38.3 Å². The topological polar surface area (TPSA) is 0 Å². The van der Waals surface area contributed by atoms with Crippen LogP contribution in [0.4, 0.5) is 0 Å². The van der Waals surface area contributed by atoms with Gasteiger partial charge in [0.1, 0.15) is 0 Å². The second kappa shape index (κ2) is 6.99. The number of rotatable bonds is 1. The summed E-state index contributed by atoms with van der Waals surface area (Å²) in [4.78, 5) is 0. The van der Waals surface area contributed by atoms with Gasteiger partial charge in [-0.05, 0) is 113 Å². The lowest BCUT2D eigenvalue weighted by Crippen LogP contribution is -2.55. The highest BCUT2D eigenvalue weighted by Crippen LogP contribution is 2.70. The highest BCUT2D eigenvalue weighted by molar-refractivity contribution is 9.10. The summed E-state index contributed by atoms with van der Waals surface area (Å²) in [6, 6.07) is 27.1. The van der Waals surface area contributed by atoms with Crippen LogP contribution < -0.4 is 0 Å². The van der Waals surface area contributed by atoms with Gasteiger partial charge in [0, 0.05) is 20.5 Å². The van der Waals surface area contributed by atoms with Crippen molar-refractivity contribution in [2.75, 3.05) is 0 Å². The van der Waals surface area contributed by atoms with Crippen molar-refractivity contribution in [1.29, 1.82) is 0 Å². The third-order valence-electron chi connectivity index (χ3n) is 9.79. The standard InChI is InChI=1S/C32H26BrCl/c33-29-10-9-23(24-5-1-2-6-25(24)29)20-16-28-31(30(34)17-20)26-7-3-4-8-27(26)32(28)21-12-18-11-19(14-21)15-22(32)13-18/h1-10,16-19,21-22H,11-15H2. The molecule has 1 spiro atoms. The van der Waals surface area contributed by atoms with Gasteiger partial charge in [-0.1, -0.05) is 82.1 Å². The highest BCUT2D eigenvalue weighted by Gasteiger charge is 2.61. The minimum atomic E-state index is 0.143. The molecular weight excluding hydrogens is 500 g/mol. The molecule has 4 aromatic rings. The molecule has 9 rings (SSSR count). The molecule has 0 unspecified atom stereocenters. The zero-order valence-electron chi connectivity index (χ0n) is 19.0. The van der Waals surface area contributed by atoms with E-state index in [2.05, 4.69) is 88.7 Å². The maximum atomic E-state index is 7.22. The van der Waals surface area contributed by atoms with Crippen LogP contribution in [0.2, 0.25) is 5.02 Å². The van der Waals surface area contributed by atoms with Gasteiger partial charge in [-0.25, -0.2) is 0 Å². The van der Waals surface area contributed by atoms with Crippen LogP contribution in [0.3, 0.4) is 0 Å². The number of fused-ring (bicyclic) bond motifs is 4. The third-order valence-corrected chi connectivity index (χ3v) is 10.8. The second-order valence-corrected chi connectivity index (χ2v) is 12.5. The van der Waals surface area contributed by atoms with Crippen LogP contribution in [0.25, 0.3) is 33.0 Å². The fourth-order valence-corrected chi connectivity index (χ4v) is 9.69. The summed E-state index contributed by atoms with van der Waals surface area (Å²) >= 11 is 11.0. The Morgan fingerprint density at radius 2 is 1.35 bits per heavy atom. The van der Waals surface area contributed by atoms with Crippen LogP contribution in [0.1, 0.15) is 43.2 Å². The first-order valence-electron chi connectivity index (χ1n) is 12.8. The molecule has 4 bridgehead atoms. The number of benzene rings is 4. The molecule has 5 aliphatic rings. The minimum Gasteiger partial charge on any atom is -0.0836 e. The van der Waals surface area contributed by atoms with E-state index in [0.717, 1.165) is 33.2 Å². The van der Waals surface area contributed by atoms with Gasteiger partial charge < -0.3 is 0 Å². The van der Waals surface area contributed by atoms with Crippen molar-refractivity contribution < 1.29 is 0 Å². The van der Waals surface area contributed by atoms with Crippen LogP contribution in [0.15, 0.2) is 77.3 Å². The Bertz CT molecular complexity index is 1470. The van der Waals surface area contributed by atoms with Crippen molar-refractivity contribution in [3.05, 3.63) is 93.4 Å². The van der Waals surface area contributed by atoms with E-state index in [9.17, 15) is 0 Å². The largest absolute Gasteiger partial charge is 0.0836 e. The maximum Gasteiger partial charge on any atom is 0.0493 e. The third kappa shape index (κ3) is 2.45. The van der Waals surface area contributed by atoms with Gasteiger partial charge >= 0.3 is 0 Å². The molecule has 4 fully saturated rings. The molecule has 0 aliphatic heterocycles. The Balaban J connectivity index is 1.43.